The molecule has 150 valence electrons. The summed E-state index contributed by atoms with van der Waals surface area (Å²) in [6.45, 7) is 7.73. The Morgan fingerprint density at radius 1 is 1.14 bits per heavy atom. The molecule has 0 aliphatic heterocycles. The lowest BCUT2D eigenvalue weighted by atomic mass is 10.1. The summed E-state index contributed by atoms with van der Waals surface area (Å²) < 4.78 is 7.13. The van der Waals surface area contributed by atoms with Crippen molar-refractivity contribution in [2.75, 3.05) is 13.2 Å². The van der Waals surface area contributed by atoms with Gasteiger partial charge in [0.25, 0.3) is 5.91 Å². The Balaban J connectivity index is 1.79. The van der Waals surface area contributed by atoms with E-state index in [0.717, 1.165) is 11.4 Å². The van der Waals surface area contributed by atoms with Crippen molar-refractivity contribution in [1.82, 2.24) is 9.88 Å². The van der Waals surface area contributed by atoms with E-state index in [-0.39, 0.29) is 37.3 Å². The third-order valence-electron chi connectivity index (χ3n) is 4.39. The molecular formula is C21H25ClN2O4. The highest BCUT2D eigenvalue weighted by molar-refractivity contribution is 6.30. The van der Waals surface area contributed by atoms with Crippen LogP contribution in [0.4, 0.5) is 0 Å². The molecule has 0 bridgehead atoms. The van der Waals surface area contributed by atoms with E-state index in [1.165, 1.54) is 0 Å². The summed E-state index contributed by atoms with van der Waals surface area (Å²) in [7, 11) is 0. The largest absolute Gasteiger partial charge is 0.457 e. The van der Waals surface area contributed by atoms with Crippen LogP contribution < -0.4 is 5.32 Å². The molecule has 0 unspecified atom stereocenters. The van der Waals surface area contributed by atoms with E-state index < -0.39 is 5.97 Å². The van der Waals surface area contributed by atoms with Gasteiger partial charge < -0.3 is 14.6 Å². The molecule has 28 heavy (non-hydrogen) atoms. The zero-order valence-corrected chi connectivity index (χ0v) is 17.3. The van der Waals surface area contributed by atoms with E-state index in [1.807, 2.05) is 33.8 Å². The molecule has 1 N–H and O–H groups in total. The number of hydrogen-bond donors (Lipinski definition) is 1. The van der Waals surface area contributed by atoms with Crippen LogP contribution >= 0.6 is 11.6 Å². The maximum absolute atomic E-state index is 12.4. The number of ether oxygens (including phenoxy) is 1. The van der Waals surface area contributed by atoms with E-state index in [4.69, 9.17) is 16.3 Å². The van der Waals surface area contributed by atoms with Gasteiger partial charge in [0.05, 0.1) is 6.42 Å². The van der Waals surface area contributed by atoms with Crippen LogP contribution in [0.25, 0.3) is 0 Å². The van der Waals surface area contributed by atoms with Gasteiger partial charge in [-0.1, -0.05) is 11.6 Å². The smallest absolute Gasteiger partial charge is 0.308 e. The Kier molecular flexibility index (Phi) is 7.40. The Morgan fingerprint density at radius 2 is 1.79 bits per heavy atom. The lowest BCUT2D eigenvalue weighted by Gasteiger charge is -2.13. The summed E-state index contributed by atoms with van der Waals surface area (Å²) >= 11 is 5.78. The number of halogens is 1. The summed E-state index contributed by atoms with van der Waals surface area (Å²) in [5, 5.41) is 3.17. The van der Waals surface area contributed by atoms with Gasteiger partial charge in [0, 0.05) is 40.1 Å². The first-order chi connectivity index (χ1) is 13.2. The van der Waals surface area contributed by atoms with Crippen molar-refractivity contribution in [3.8, 4) is 0 Å². The normalized spacial score (nSPS) is 10.8. The number of carbonyl (C=O) groups is 3. The van der Waals surface area contributed by atoms with Gasteiger partial charge in [0.1, 0.15) is 0 Å². The third kappa shape index (κ3) is 5.45. The molecular weight excluding hydrogens is 380 g/mol. The van der Waals surface area contributed by atoms with E-state index >= 15 is 0 Å². The van der Waals surface area contributed by atoms with Gasteiger partial charge >= 0.3 is 5.97 Å². The van der Waals surface area contributed by atoms with E-state index in [2.05, 4.69) is 9.88 Å². The second-order valence-electron chi connectivity index (χ2n) is 6.85. The number of nitrogens with zero attached hydrogens (tertiary/aromatic N) is 1. The maximum Gasteiger partial charge on any atom is 0.308 e. The molecule has 0 fully saturated rings. The van der Waals surface area contributed by atoms with Gasteiger partial charge in [-0.3, -0.25) is 14.4 Å². The van der Waals surface area contributed by atoms with Crippen molar-refractivity contribution in [2.45, 2.75) is 40.2 Å². The standard InChI is InChI=1S/C21H25ClN2O4/c1-13(2)24-14(3)11-18(15(24)4)19(25)12-28-20(26)9-10-23-21(27)16-5-7-17(22)8-6-16/h5-8,11,13H,9-10,12H2,1-4H3,(H,23,27). The van der Waals surface area contributed by atoms with Crippen molar-refractivity contribution in [3.05, 3.63) is 57.9 Å². The molecule has 0 aliphatic rings. The number of hydrogen-bond acceptors (Lipinski definition) is 4. The number of amides is 1. The topological polar surface area (TPSA) is 77.4 Å². The quantitative estimate of drug-likeness (QED) is 0.535. The van der Waals surface area contributed by atoms with Crippen molar-refractivity contribution in [3.63, 3.8) is 0 Å². The summed E-state index contributed by atoms with van der Waals surface area (Å²) in [4.78, 5) is 36.2. The molecule has 2 aromatic rings. The molecule has 0 radical (unpaired) electrons. The fourth-order valence-electron chi connectivity index (χ4n) is 3.13. The Bertz CT molecular complexity index is 869. The van der Waals surface area contributed by atoms with Gasteiger partial charge in [-0.05, 0) is 58.0 Å². The van der Waals surface area contributed by atoms with Crippen LogP contribution in [-0.2, 0) is 9.53 Å². The number of aryl methyl sites for hydroxylation is 1. The number of ketones is 1. The van der Waals surface area contributed by atoms with Crippen molar-refractivity contribution in [2.24, 2.45) is 0 Å². The minimum atomic E-state index is -0.539. The summed E-state index contributed by atoms with van der Waals surface area (Å²) in [5.74, 6) is -1.08. The average molecular weight is 405 g/mol. The number of esters is 1. The fraction of sp³-hybridized carbons (Fsp3) is 0.381. The van der Waals surface area contributed by atoms with E-state index in [0.29, 0.717) is 16.1 Å². The lowest BCUT2D eigenvalue weighted by Crippen LogP contribution is -2.27. The molecule has 6 nitrogen and oxygen atoms in total. The summed E-state index contributed by atoms with van der Waals surface area (Å²) in [5.41, 5.74) is 2.87. The number of aromatic nitrogens is 1. The summed E-state index contributed by atoms with van der Waals surface area (Å²) in [6, 6.07) is 8.50. The number of Topliss-reactive ketones (excluding diaryl/α,β-unsaturated/α-hetero) is 1. The van der Waals surface area contributed by atoms with E-state index in [1.54, 1.807) is 24.3 Å². The van der Waals surface area contributed by atoms with Gasteiger partial charge in [0.2, 0.25) is 5.78 Å². The molecule has 1 aromatic carbocycles. The van der Waals surface area contributed by atoms with Crippen LogP contribution in [0, 0.1) is 13.8 Å². The molecule has 0 aliphatic carbocycles. The van der Waals surface area contributed by atoms with Crippen LogP contribution in [0.15, 0.2) is 30.3 Å². The highest BCUT2D eigenvalue weighted by Crippen LogP contribution is 2.20. The van der Waals surface area contributed by atoms with Crippen LogP contribution in [-0.4, -0.2) is 35.4 Å². The van der Waals surface area contributed by atoms with Gasteiger partial charge in [0.15, 0.2) is 6.61 Å². The SMILES string of the molecule is Cc1cc(C(=O)COC(=O)CCNC(=O)c2ccc(Cl)cc2)c(C)n1C(C)C. The maximum atomic E-state index is 12.4. The number of benzene rings is 1. The molecule has 0 spiro atoms. The number of nitrogens with one attached hydrogen (secondary N) is 1. The zero-order chi connectivity index (χ0) is 20.8. The van der Waals surface area contributed by atoms with Gasteiger partial charge in [-0.2, -0.15) is 0 Å². The molecule has 7 heteroatoms. The minimum absolute atomic E-state index is 0.0162. The second-order valence-corrected chi connectivity index (χ2v) is 7.28. The van der Waals surface area contributed by atoms with Gasteiger partial charge in [-0.25, -0.2) is 0 Å². The molecule has 1 amide bonds. The molecule has 2 rings (SSSR count). The average Bonchev–Trinajstić information content (AvgIpc) is 2.94. The van der Waals surface area contributed by atoms with E-state index in [9.17, 15) is 14.4 Å². The molecule has 0 saturated heterocycles. The monoisotopic (exact) mass is 404 g/mol. The van der Waals surface area contributed by atoms with Gasteiger partial charge in [-0.15, -0.1) is 0 Å². The Hall–Kier alpha value is -2.60. The predicted octanol–water partition coefficient (Wildman–Crippen LogP) is 3.89. The first-order valence-corrected chi connectivity index (χ1v) is 9.49. The first-order valence-electron chi connectivity index (χ1n) is 9.11. The second kappa shape index (κ2) is 9.55. The van der Waals surface area contributed by atoms with Crippen LogP contribution in [0.1, 0.15) is 58.4 Å². The lowest BCUT2D eigenvalue weighted by molar-refractivity contribution is -0.142. The third-order valence-corrected chi connectivity index (χ3v) is 4.64. The Morgan fingerprint density at radius 3 is 2.36 bits per heavy atom. The molecule has 0 atom stereocenters. The predicted molar refractivity (Wildman–Crippen MR) is 108 cm³/mol. The molecule has 1 heterocycles. The van der Waals surface area contributed by atoms with Crippen LogP contribution in [0.5, 0.6) is 0 Å². The highest BCUT2D eigenvalue weighted by atomic mass is 35.5. The highest BCUT2D eigenvalue weighted by Gasteiger charge is 2.18. The van der Waals surface area contributed by atoms with Crippen molar-refractivity contribution >= 4 is 29.3 Å². The van der Waals surface area contributed by atoms with Crippen LogP contribution in [0.2, 0.25) is 5.02 Å². The van der Waals surface area contributed by atoms with Crippen molar-refractivity contribution in [1.29, 1.82) is 0 Å². The zero-order valence-electron chi connectivity index (χ0n) is 16.5. The first kappa shape index (κ1) is 21.7. The molecule has 0 saturated carbocycles. The summed E-state index contributed by atoms with van der Waals surface area (Å²) in [6.07, 6.45) is -0.0162. The molecule has 1 aromatic heterocycles. The van der Waals surface area contributed by atoms with Crippen molar-refractivity contribution < 1.29 is 19.1 Å². The number of carbonyl (C=O) groups excluding carboxylic acids is 3. The van der Waals surface area contributed by atoms with Crippen LogP contribution in [0.3, 0.4) is 0 Å². The minimum Gasteiger partial charge on any atom is -0.457 e. The number of rotatable bonds is 8. The fourth-order valence-corrected chi connectivity index (χ4v) is 3.26. The Labute approximate surface area is 169 Å².